The number of nitrogens with two attached hydrogens (primary N) is 1. The fourth-order valence-electron chi connectivity index (χ4n) is 4.69. The van der Waals surface area contributed by atoms with Crippen LogP contribution in [-0.2, 0) is 6.42 Å². The van der Waals surface area contributed by atoms with Crippen LogP contribution in [0.25, 0.3) is 0 Å². The maximum absolute atomic E-state index is 6.28. The molecule has 0 spiro atoms. The summed E-state index contributed by atoms with van der Waals surface area (Å²) in [6, 6.07) is 6.31. The van der Waals surface area contributed by atoms with Crippen molar-refractivity contribution in [2.45, 2.75) is 58.8 Å². The Hall–Kier alpha value is -3.02. The van der Waals surface area contributed by atoms with Gasteiger partial charge in [0.1, 0.15) is 5.84 Å². The Bertz CT molecular complexity index is 927. The van der Waals surface area contributed by atoms with Gasteiger partial charge in [0.05, 0.1) is 11.4 Å². The van der Waals surface area contributed by atoms with Crippen LogP contribution in [-0.4, -0.2) is 45.8 Å². The van der Waals surface area contributed by atoms with Gasteiger partial charge in [-0.25, -0.2) is 0 Å². The third-order valence-electron chi connectivity index (χ3n) is 6.99. The predicted octanol–water partition coefficient (Wildman–Crippen LogP) is 5.44. The highest BCUT2D eigenvalue weighted by Crippen LogP contribution is 2.24. The van der Waals surface area contributed by atoms with Gasteiger partial charge in [0.15, 0.2) is 0 Å². The molecule has 0 fully saturated rings. The maximum atomic E-state index is 6.28. The number of amidine groups is 1. The molecule has 6 nitrogen and oxygen atoms in total. The molecule has 6 heteroatoms. The smallest absolute Gasteiger partial charge is 0.127 e. The number of rotatable bonds is 12. The molecule has 1 aromatic rings. The van der Waals surface area contributed by atoms with E-state index >= 15 is 0 Å². The van der Waals surface area contributed by atoms with Crippen molar-refractivity contribution in [2.75, 3.05) is 39.0 Å². The minimum absolute atomic E-state index is 0.508. The van der Waals surface area contributed by atoms with E-state index < -0.39 is 0 Å². The number of nitrogens with zero attached hydrogens (tertiary/aromatic N) is 2. The lowest BCUT2D eigenvalue weighted by molar-refractivity contribution is 0.421. The summed E-state index contributed by atoms with van der Waals surface area (Å²) >= 11 is 0. The minimum Gasteiger partial charge on any atom is -0.388 e. The van der Waals surface area contributed by atoms with E-state index in [9.17, 15) is 0 Å². The van der Waals surface area contributed by atoms with Crippen LogP contribution in [0.2, 0.25) is 0 Å². The molecule has 198 valence electrons. The topological polar surface area (TPSA) is 86.8 Å². The van der Waals surface area contributed by atoms with Crippen LogP contribution in [0.4, 0.5) is 5.69 Å². The van der Waals surface area contributed by atoms with Gasteiger partial charge in [-0.1, -0.05) is 51.5 Å². The van der Waals surface area contributed by atoms with Crippen LogP contribution in [0.1, 0.15) is 63.5 Å². The van der Waals surface area contributed by atoms with Crippen molar-refractivity contribution in [1.82, 2.24) is 10.6 Å². The van der Waals surface area contributed by atoms with Crippen LogP contribution >= 0.6 is 0 Å². The molecule has 2 rings (SSSR count). The van der Waals surface area contributed by atoms with Crippen molar-refractivity contribution in [3.63, 3.8) is 0 Å². The van der Waals surface area contributed by atoms with Crippen molar-refractivity contribution in [3.05, 3.63) is 65.5 Å². The lowest BCUT2D eigenvalue weighted by Crippen LogP contribution is -2.30. The van der Waals surface area contributed by atoms with Gasteiger partial charge < -0.3 is 21.7 Å². The van der Waals surface area contributed by atoms with E-state index in [1.807, 2.05) is 25.4 Å². The second-order valence-electron chi connectivity index (χ2n) is 9.57. The van der Waals surface area contributed by atoms with Crippen LogP contribution in [0.15, 0.2) is 64.4 Å². The molecule has 0 radical (unpaired) electrons. The molecule has 1 aliphatic heterocycles. The molecular weight excluding hydrogens is 444 g/mol. The van der Waals surface area contributed by atoms with Gasteiger partial charge in [-0.3, -0.25) is 9.98 Å². The first-order valence-electron chi connectivity index (χ1n) is 13.6. The molecule has 2 unspecified atom stereocenters. The summed E-state index contributed by atoms with van der Waals surface area (Å²) in [7, 11) is 3.67. The van der Waals surface area contributed by atoms with E-state index in [1.54, 1.807) is 7.05 Å². The molecule has 0 amide bonds. The van der Waals surface area contributed by atoms with Crippen molar-refractivity contribution >= 4 is 17.7 Å². The Kier molecular flexibility index (Phi) is 13.5. The lowest BCUT2D eigenvalue weighted by Gasteiger charge is -2.23. The Morgan fingerprint density at radius 3 is 2.86 bits per heavy atom. The number of anilines is 1. The molecule has 0 saturated carbocycles. The molecule has 0 aromatic heterocycles. The van der Waals surface area contributed by atoms with Gasteiger partial charge in [0.2, 0.25) is 0 Å². The van der Waals surface area contributed by atoms with Crippen LogP contribution < -0.4 is 21.7 Å². The molecule has 1 heterocycles. The van der Waals surface area contributed by atoms with E-state index in [4.69, 9.17) is 5.73 Å². The number of aryl methyl sites for hydroxylation is 1. The van der Waals surface area contributed by atoms with Crippen molar-refractivity contribution in [1.29, 1.82) is 0 Å². The highest BCUT2D eigenvalue weighted by molar-refractivity contribution is 6.03. The Labute approximate surface area is 219 Å². The van der Waals surface area contributed by atoms with Gasteiger partial charge in [0, 0.05) is 51.2 Å². The molecule has 0 saturated heterocycles. The first-order chi connectivity index (χ1) is 17.5. The molecular formula is C30H48N6. The summed E-state index contributed by atoms with van der Waals surface area (Å²) in [6.07, 6.45) is 15.9. The number of allylic oxidation sites excluding steroid dienone is 3. The lowest BCUT2D eigenvalue weighted by atomic mass is 9.92. The number of hydrogen-bond donors (Lipinski definition) is 4. The first kappa shape index (κ1) is 29.2. The molecule has 5 N–H and O–H groups in total. The van der Waals surface area contributed by atoms with E-state index in [1.165, 1.54) is 24.8 Å². The fraction of sp³-hybridized carbons (Fsp3) is 0.533. The highest BCUT2D eigenvalue weighted by atomic mass is 15.0. The largest absolute Gasteiger partial charge is 0.388 e. The summed E-state index contributed by atoms with van der Waals surface area (Å²) in [5.41, 5.74) is 11.6. The minimum atomic E-state index is 0.508. The monoisotopic (exact) mass is 492 g/mol. The third-order valence-corrected chi connectivity index (χ3v) is 6.99. The molecule has 2 atom stereocenters. The number of hydrogen-bond acceptors (Lipinski definition) is 5. The molecule has 0 aliphatic carbocycles. The van der Waals surface area contributed by atoms with Gasteiger partial charge in [-0.05, 0) is 67.7 Å². The second-order valence-corrected chi connectivity index (χ2v) is 9.57. The van der Waals surface area contributed by atoms with Crippen molar-refractivity contribution in [3.8, 4) is 0 Å². The summed E-state index contributed by atoms with van der Waals surface area (Å²) in [5, 5.41) is 10.6. The van der Waals surface area contributed by atoms with E-state index in [2.05, 4.69) is 70.6 Å². The van der Waals surface area contributed by atoms with Crippen LogP contribution in [0.5, 0.6) is 0 Å². The molecule has 1 aromatic carbocycles. The normalized spacial score (nSPS) is 20.2. The highest BCUT2D eigenvalue weighted by Gasteiger charge is 2.16. The first-order valence-corrected chi connectivity index (χ1v) is 13.6. The zero-order chi connectivity index (χ0) is 26.2. The quantitative estimate of drug-likeness (QED) is 0.231. The predicted molar refractivity (Wildman–Crippen MR) is 158 cm³/mol. The standard InChI is InChI=1S/C30H48N6/c1-6-12-24(7-2)21-35-23(3)27-15-8-9-19-34-20-11-13-25(22-36-27)17-18-26-14-10-16-28(32-4)29(26)30(31)33-5/h8-10,14-16,19,24-25,32,35-36H,3,6-7,11-13,17-18,20-22H2,1-2,4-5H3,(H2,31,33)/b9-8-,27-15-,34-19?. The SMILES string of the molecule is C=C(NCC(CC)CCC)/C1=C/C=C\C=NCCCC(CCc2cccc(NC)c2C(N)=NC)CN1. The van der Waals surface area contributed by atoms with Gasteiger partial charge in [0.25, 0.3) is 0 Å². The van der Waals surface area contributed by atoms with Crippen molar-refractivity contribution < 1.29 is 0 Å². The zero-order valence-electron chi connectivity index (χ0n) is 22.9. The van der Waals surface area contributed by atoms with Crippen molar-refractivity contribution in [2.24, 2.45) is 27.6 Å². The van der Waals surface area contributed by atoms with Crippen LogP contribution in [0.3, 0.4) is 0 Å². The fourth-order valence-corrected chi connectivity index (χ4v) is 4.69. The summed E-state index contributed by atoms with van der Waals surface area (Å²) in [4.78, 5) is 8.81. The number of nitrogens with one attached hydrogen (secondary N) is 3. The molecule has 0 bridgehead atoms. The van der Waals surface area contributed by atoms with Gasteiger partial charge >= 0.3 is 0 Å². The van der Waals surface area contributed by atoms with Gasteiger partial charge in [-0.15, -0.1) is 0 Å². The maximum Gasteiger partial charge on any atom is 0.127 e. The Morgan fingerprint density at radius 1 is 1.31 bits per heavy atom. The molecule has 36 heavy (non-hydrogen) atoms. The average Bonchev–Trinajstić information content (AvgIpc) is 2.89. The zero-order valence-corrected chi connectivity index (χ0v) is 22.9. The Morgan fingerprint density at radius 2 is 2.14 bits per heavy atom. The van der Waals surface area contributed by atoms with E-state index in [0.717, 1.165) is 68.0 Å². The van der Waals surface area contributed by atoms with Crippen LogP contribution in [0, 0.1) is 11.8 Å². The van der Waals surface area contributed by atoms with E-state index in [-0.39, 0.29) is 0 Å². The summed E-state index contributed by atoms with van der Waals surface area (Å²) in [6.45, 7) is 11.6. The molecule has 1 aliphatic rings. The summed E-state index contributed by atoms with van der Waals surface area (Å²) in [5.74, 6) is 1.76. The third kappa shape index (κ3) is 9.56. The van der Waals surface area contributed by atoms with E-state index in [0.29, 0.717) is 17.7 Å². The number of aliphatic imine (C=N–C) groups is 2. The second kappa shape index (κ2) is 16.6. The average molecular weight is 493 g/mol. The van der Waals surface area contributed by atoms with Gasteiger partial charge in [-0.2, -0.15) is 0 Å². The number of benzene rings is 1. The Balaban J connectivity index is 2.12. The summed E-state index contributed by atoms with van der Waals surface area (Å²) < 4.78 is 0.